The summed E-state index contributed by atoms with van der Waals surface area (Å²) in [6.07, 6.45) is 3.76. The predicted molar refractivity (Wildman–Crippen MR) is 72.1 cm³/mol. The van der Waals surface area contributed by atoms with Crippen LogP contribution >= 0.6 is 0 Å². The second kappa shape index (κ2) is 12.3. The number of phenols is 1. The fraction of sp³-hybridized carbons (Fsp3) is 0.357. The van der Waals surface area contributed by atoms with E-state index in [1.165, 1.54) is 24.6 Å². The molecule has 0 fully saturated rings. The van der Waals surface area contributed by atoms with E-state index in [1.807, 2.05) is 13.8 Å². The number of carbonyl (C=O) groups is 1. The van der Waals surface area contributed by atoms with Gasteiger partial charge in [0.25, 0.3) is 0 Å². The summed E-state index contributed by atoms with van der Waals surface area (Å²) in [4.78, 5) is 10.1. The van der Waals surface area contributed by atoms with Gasteiger partial charge in [-0.25, -0.2) is 4.79 Å². The highest BCUT2D eigenvalue weighted by atomic mass is 16.4. The highest BCUT2D eigenvalue weighted by Gasteiger charge is 1.89. The molecule has 0 aliphatic rings. The summed E-state index contributed by atoms with van der Waals surface area (Å²) < 4.78 is 0. The van der Waals surface area contributed by atoms with Crippen LogP contribution in [0.5, 0.6) is 5.75 Å². The largest absolute Gasteiger partial charge is 0.508 e. The van der Waals surface area contributed by atoms with Crippen molar-refractivity contribution < 1.29 is 15.0 Å². The van der Waals surface area contributed by atoms with Gasteiger partial charge in [-0.05, 0) is 23.8 Å². The molecule has 3 nitrogen and oxygen atoms in total. The molecule has 0 aliphatic heterocycles. The van der Waals surface area contributed by atoms with Crippen LogP contribution in [0.25, 0.3) is 6.08 Å². The SMILES string of the molecule is CC.CCC.O=C(O)/C=C/c1ccc(O)cc1. The highest BCUT2D eigenvalue weighted by Crippen LogP contribution is 2.10. The zero-order valence-corrected chi connectivity index (χ0v) is 11.0. The number of aliphatic carboxylic acids is 1. The maximum Gasteiger partial charge on any atom is 0.328 e. The Balaban J connectivity index is 0. The molecule has 17 heavy (non-hydrogen) atoms. The maximum atomic E-state index is 10.1. The van der Waals surface area contributed by atoms with Gasteiger partial charge in [0, 0.05) is 6.08 Å². The van der Waals surface area contributed by atoms with Crippen LogP contribution in [0, 0.1) is 0 Å². The normalized spacial score (nSPS) is 8.71. The van der Waals surface area contributed by atoms with Crippen LogP contribution in [0.2, 0.25) is 0 Å². The standard InChI is InChI=1S/C9H8O3.C3H8.C2H6/c10-8-4-1-7(2-5-8)3-6-9(11)12;1-3-2;1-2/h1-6,10H,(H,11,12);3H2,1-2H3;1-2H3/b6-3+;;. The second-order valence-corrected chi connectivity index (χ2v) is 2.97. The minimum Gasteiger partial charge on any atom is -0.508 e. The molecule has 0 atom stereocenters. The summed E-state index contributed by atoms with van der Waals surface area (Å²) in [5.41, 5.74) is 0.746. The molecule has 1 aromatic rings. The smallest absolute Gasteiger partial charge is 0.328 e. The Morgan fingerprint density at radius 2 is 1.59 bits per heavy atom. The quantitative estimate of drug-likeness (QED) is 0.767. The third kappa shape index (κ3) is 12.2. The van der Waals surface area contributed by atoms with E-state index in [0.29, 0.717) is 0 Å². The minimum absolute atomic E-state index is 0.169. The number of carboxylic acid groups (broad SMARTS) is 1. The fourth-order valence-corrected chi connectivity index (χ4v) is 0.753. The Morgan fingerprint density at radius 3 is 1.94 bits per heavy atom. The lowest BCUT2D eigenvalue weighted by Crippen LogP contribution is -1.85. The zero-order valence-electron chi connectivity index (χ0n) is 11.0. The summed E-state index contributed by atoms with van der Waals surface area (Å²) in [7, 11) is 0. The van der Waals surface area contributed by atoms with Crippen molar-refractivity contribution in [2.45, 2.75) is 34.1 Å². The first-order chi connectivity index (χ1) is 8.10. The van der Waals surface area contributed by atoms with Crippen LogP contribution in [-0.2, 0) is 4.79 Å². The molecule has 1 aromatic carbocycles. The first-order valence-electron chi connectivity index (χ1n) is 5.80. The van der Waals surface area contributed by atoms with Gasteiger partial charge in [-0.1, -0.05) is 46.2 Å². The van der Waals surface area contributed by atoms with Crippen molar-refractivity contribution in [2.75, 3.05) is 0 Å². The molecule has 0 heterocycles. The number of aromatic hydroxyl groups is 1. The van der Waals surface area contributed by atoms with Gasteiger partial charge in [0.1, 0.15) is 5.75 Å². The van der Waals surface area contributed by atoms with Crippen LogP contribution in [-0.4, -0.2) is 16.2 Å². The average Bonchev–Trinajstić information content (AvgIpc) is 2.32. The fourth-order valence-electron chi connectivity index (χ4n) is 0.753. The lowest BCUT2D eigenvalue weighted by Gasteiger charge is -1.92. The molecular weight excluding hydrogens is 216 g/mol. The lowest BCUT2D eigenvalue weighted by atomic mass is 10.2. The van der Waals surface area contributed by atoms with Crippen molar-refractivity contribution in [3.63, 3.8) is 0 Å². The van der Waals surface area contributed by atoms with Gasteiger partial charge >= 0.3 is 5.97 Å². The lowest BCUT2D eigenvalue weighted by molar-refractivity contribution is -0.131. The van der Waals surface area contributed by atoms with Crippen LogP contribution < -0.4 is 0 Å². The molecule has 0 unspecified atom stereocenters. The monoisotopic (exact) mass is 238 g/mol. The Kier molecular flexibility index (Phi) is 12.7. The number of phenolic OH excluding ortho intramolecular Hbond substituents is 1. The number of carboxylic acids is 1. The number of hydrogen-bond acceptors (Lipinski definition) is 2. The van der Waals surface area contributed by atoms with E-state index in [1.54, 1.807) is 12.1 Å². The van der Waals surface area contributed by atoms with Crippen LogP contribution in [0.15, 0.2) is 30.3 Å². The van der Waals surface area contributed by atoms with Gasteiger partial charge < -0.3 is 10.2 Å². The van der Waals surface area contributed by atoms with Crippen molar-refractivity contribution in [3.05, 3.63) is 35.9 Å². The molecule has 0 amide bonds. The molecule has 0 saturated carbocycles. The van der Waals surface area contributed by atoms with Gasteiger partial charge in [0.15, 0.2) is 0 Å². The van der Waals surface area contributed by atoms with Crippen LogP contribution in [0.1, 0.15) is 39.7 Å². The zero-order chi connectivity index (χ0) is 13.7. The van der Waals surface area contributed by atoms with Gasteiger partial charge in [-0.15, -0.1) is 0 Å². The van der Waals surface area contributed by atoms with Gasteiger partial charge in [0.05, 0.1) is 0 Å². The van der Waals surface area contributed by atoms with E-state index in [-0.39, 0.29) is 5.75 Å². The first-order valence-corrected chi connectivity index (χ1v) is 5.80. The van der Waals surface area contributed by atoms with Crippen molar-refractivity contribution in [1.82, 2.24) is 0 Å². The Morgan fingerprint density at radius 1 is 1.18 bits per heavy atom. The van der Waals surface area contributed by atoms with Crippen LogP contribution in [0.4, 0.5) is 0 Å². The van der Waals surface area contributed by atoms with E-state index in [9.17, 15) is 4.79 Å². The van der Waals surface area contributed by atoms with Gasteiger partial charge in [0.2, 0.25) is 0 Å². The Hall–Kier alpha value is -1.77. The number of hydrogen-bond donors (Lipinski definition) is 2. The van der Waals surface area contributed by atoms with E-state index in [4.69, 9.17) is 10.2 Å². The molecule has 0 radical (unpaired) electrons. The topological polar surface area (TPSA) is 57.5 Å². The average molecular weight is 238 g/mol. The summed E-state index contributed by atoms with van der Waals surface area (Å²) >= 11 is 0. The van der Waals surface area contributed by atoms with Crippen molar-refractivity contribution in [2.24, 2.45) is 0 Å². The molecular formula is C14H22O3. The van der Waals surface area contributed by atoms with Crippen molar-refractivity contribution in [3.8, 4) is 5.75 Å². The number of benzene rings is 1. The van der Waals surface area contributed by atoms with Gasteiger partial charge in [-0.3, -0.25) is 0 Å². The summed E-state index contributed by atoms with van der Waals surface area (Å²) in [6.45, 7) is 8.25. The third-order valence-electron chi connectivity index (χ3n) is 1.31. The summed E-state index contributed by atoms with van der Waals surface area (Å²) in [6, 6.07) is 6.27. The molecule has 2 N–H and O–H groups in total. The summed E-state index contributed by atoms with van der Waals surface area (Å²) in [5, 5.41) is 17.2. The molecule has 1 rings (SSSR count). The first kappa shape index (κ1) is 17.6. The summed E-state index contributed by atoms with van der Waals surface area (Å²) in [5.74, 6) is -0.814. The maximum absolute atomic E-state index is 10.1. The number of rotatable bonds is 2. The van der Waals surface area contributed by atoms with E-state index in [2.05, 4.69) is 13.8 Å². The molecule has 0 aliphatic carbocycles. The second-order valence-electron chi connectivity index (χ2n) is 2.97. The van der Waals surface area contributed by atoms with Crippen molar-refractivity contribution >= 4 is 12.0 Å². The Bertz CT molecular complexity index is 313. The van der Waals surface area contributed by atoms with Gasteiger partial charge in [-0.2, -0.15) is 0 Å². The molecule has 0 bridgehead atoms. The molecule has 96 valence electrons. The molecule has 0 spiro atoms. The molecule has 3 heteroatoms. The molecule has 0 saturated heterocycles. The predicted octanol–water partition coefficient (Wildman–Crippen LogP) is 3.93. The van der Waals surface area contributed by atoms with Crippen molar-refractivity contribution in [1.29, 1.82) is 0 Å². The highest BCUT2D eigenvalue weighted by molar-refractivity contribution is 5.85. The third-order valence-corrected chi connectivity index (χ3v) is 1.31. The Labute approximate surface area is 103 Å². The van der Waals surface area contributed by atoms with E-state index >= 15 is 0 Å². The molecule has 0 aromatic heterocycles. The van der Waals surface area contributed by atoms with E-state index < -0.39 is 5.97 Å². The minimum atomic E-state index is -0.983. The van der Waals surface area contributed by atoms with Crippen LogP contribution in [0.3, 0.4) is 0 Å². The van der Waals surface area contributed by atoms with E-state index in [0.717, 1.165) is 11.6 Å².